The van der Waals surface area contributed by atoms with E-state index in [0.717, 1.165) is 38.1 Å². The van der Waals surface area contributed by atoms with Gasteiger partial charge in [-0.25, -0.2) is 0 Å². The van der Waals surface area contributed by atoms with Gasteiger partial charge in [-0.3, -0.25) is 0 Å². The molecule has 3 heteroatoms. The molecule has 0 N–H and O–H groups in total. The van der Waals surface area contributed by atoms with Crippen molar-refractivity contribution < 1.29 is 25.3 Å². The van der Waals surface area contributed by atoms with Gasteiger partial charge in [0, 0.05) is 38.6 Å². The predicted molar refractivity (Wildman–Crippen MR) is 171 cm³/mol. The summed E-state index contributed by atoms with van der Waals surface area (Å²) in [5.74, 6) is 0. The summed E-state index contributed by atoms with van der Waals surface area (Å²) in [6.07, 6.45) is 0. The standard InChI is InChI=1S/C38H23NO2/c1-2-8-26(9-3-1)39(28-17-19-37-33(22-28)30-10-4-6-12-35(30)40-37)27-16-18-29-24(20-27)14-15-25-21-38-34(23-32(25)29)31-11-5-7-13-36(31)41-38/h1-23H/i1D,2D,3D,4D,6D,8D,9D,10D,12D,17D,19D,22D. The van der Waals surface area contributed by atoms with E-state index < -0.39 is 72.5 Å². The Morgan fingerprint density at radius 3 is 2.15 bits per heavy atom. The second-order valence-corrected chi connectivity index (χ2v) is 9.68. The summed E-state index contributed by atoms with van der Waals surface area (Å²) in [6.45, 7) is 0. The van der Waals surface area contributed by atoms with Crippen LogP contribution in [0.3, 0.4) is 0 Å². The van der Waals surface area contributed by atoms with Gasteiger partial charge in [-0.15, -0.1) is 0 Å². The van der Waals surface area contributed by atoms with Crippen molar-refractivity contribution in [3.8, 4) is 0 Å². The van der Waals surface area contributed by atoms with Gasteiger partial charge in [0.2, 0.25) is 0 Å². The molecule has 9 aromatic rings. The first kappa shape index (κ1) is 13.7. The van der Waals surface area contributed by atoms with Crippen molar-refractivity contribution in [3.05, 3.63) is 139 Å². The molecule has 0 amide bonds. The van der Waals surface area contributed by atoms with Gasteiger partial charge in [0.15, 0.2) is 0 Å². The summed E-state index contributed by atoms with van der Waals surface area (Å²) in [7, 11) is 0. The Balaban J connectivity index is 1.38. The zero-order valence-electron chi connectivity index (χ0n) is 33.1. The van der Waals surface area contributed by atoms with Crippen LogP contribution < -0.4 is 4.90 Å². The van der Waals surface area contributed by atoms with Gasteiger partial charge in [0.25, 0.3) is 0 Å². The number of anilines is 3. The molecular formula is C38H23NO2. The van der Waals surface area contributed by atoms with Gasteiger partial charge in [0.05, 0.1) is 16.4 Å². The Bertz CT molecular complexity index is 3090. The minimum Gasteiger partial charge on any atom is -0.456 e. The van der Waals surface area contributed by atoms with Crippen molar-refractivity contribution in [1.82, 2.24) is 0 Å². The zero-order valence-corrected chi connectivity index (χ0v) is 21.1. The lowest BCUT2D eigenvalue weighted by molar-refractivity contribution is 0.668. The highest BCUT2D eigenvalue weighted by atomic mass is 16.3. The van der Waals surface area contributed by atoms with E-state index in [1.807, 2.05) is 48.5 Å². The quantitative estimate of drug-likeness (QED) is 0.210. The molecule has 0 unspecified atom stereocenters. The van der Waals surface area contributed by atoms with Crippen LogP contribution in [0.15, 0.2) is 148 Å². The maximum absolute atomic E-state index is 9.47. The third-order valence-electron chi connectivity index (χ3n) is 7.38. The number of hydrogen-bond donors (Lipinski definition) is 0. The van der Waals surface area contributed by atoms with Crippen molar-refractivity contribution in [1.29, 1.82) is 0 Å². The van der Waals surface area contributed by atoms with Gasteiger partial charge in [-0.05, 0) is 88.1 Å². The number of hydrogen-bond acceptors (Lipinski definition) is 3. The van der Waals surface area contributed by atoms with Crippen LogP contribution in [0.2, 0.25) is 0 Å². The molecule has 0 aliphatic heterocycles. The van der Waals surface area contributed by atoms with Crippen LogP contribution in [0.5, 0.6) is 0 Å². The lowest BCUT2D eigenvalue weighted by Crippen LogP contribution is -2.09. The molecule has 2 aromatic heterocycles. The molecule has 0 saturated carbocycles. The second-order valence-electron chi connectivity index (χ2n) is 9.68. The number of nitrogens with zero attached hydrogens (tertiary/aromatic N) is 1. The Morgan fingerprint density at radius 1 is 0.439 bits per heavy atom. The second kappa shape index (κ2) is 8.48. The molecule has 0 radical (unpaired) electrons. The average Bonchev–Trinajstić information content (AvgIpc) is 3.74. The van der Waals surface area contributed by atoms with Gasteiger partial charge in [0.1, 0.15) is 22.3 Å². The van der Waals surface area contributed by atoms with Crippen LogP contribution in [-0.2, 0) is 0 Å². The van der Waals surface area contributed by atoms with Gasteiger partial charge >= 0.3 is 0 Å². The lowest BCUT2D eigenvalue weighted by Gasteiger charge is -2.26. The SMILES string of the molecule is [2H]c1c([2H])c([2H])c(N(c2ccc3c(ccc4cc5oc6ccccc6c5cc43)c2)c2c([2H])c([2H])c3oc4c([2H])c([2H])c([2H])c([2H])c4c3c2[2H])c([2H])c1[2H]. The normalized spacial score (nSPS) is 16.0. The first-order valence-electron chi connectivity index (χ1n) is 18.9. The number of fused-ring (bicyclic) bond motifs is 9. The van der Waals surface area contributed by atoms with Crippen molar-refractivity contribution in [2.24, 2.45) is 0 Å². The maximum Gasteiger partial charge on any atom is 0.136 e. The molecule has 2 heterocycles. The van der Waals surface area contributed by atoms with E-state index >= 15 is 0 Å². The highest BCUT2D eigenvalue weighted by Gasteiger charge is 2.16. The molecule has 41 heavy (non-hydrogen) atoms. The molecule has 0 spiro atoms. The Kier molecular flexibility index (Phi) is 2.83. The van der Waals surface area contributed by atoms with Crippen molar-refractivity contribution in [2.75, 3.05) is 4.90 Å². The molecule has 0 saturated heterocycles. The van der Waals surface area contributed by atoms with E-state index in [1.165, 1.54) is 4.90 Å². The van der Waals surface area contributed by atoms with Gasteiger partial charge in [-0.2, -0.15) is 0 Å². The highest BCUT2D eigenvalue weighted by Crippen LogP contribution is 2.41. The molecule has 7 aromatic carbocycles. The summed E-state index contributed by atoms with van der Waals surface area (Å²) in [5, 5.41) is 4.84. The van der Waals surface area contributed by atoms with Gasteiger partial charge in [-0.1, -0.05) is 72.7 Å². The van der Waals surface area contributed by atoms with Crippen LogP contribution in [-0.4, -0.2) is 0 Å². The summed E-state index contributed by atoms with van der Waals surface area (Å²) in [4.78, 5) is 1.18. The summed E-state index contributed by atoms with van der Waals surface area (Å²) in [6, 6.07) is 13.7. The third kappa shape index (κ3) is 3.39. The van der Waals surface area contributed by atoms with E-state index in [4.69, 9.17) is 23.9 Å². The van der Waals surface area contributed by atoms with Crippen molar-refractivity contribution >= 4 is 82.5 Å². The molecule has 3 nitrogen and oxygen atoms in total. The van der Waals surface area contributed by atoms with E-state index in [-0.39, 0.29) is 39.0 Å². The molecule has 0 bridgehead atoms. The minimum absolute atomic E-state index is 0.171. The molecular weight excluding hydrogens is 502 g/mol. The number of benzene rings is 7. The maximum atomic E-state index is 9.47. The largest absolute Gasteiger partial charge is 0.456 e. The molecule has 192 valence electrons. The lowest BCUT2D eigenvalue weighted by atomic mass is 9.99. The highest BCUT2D eigenvalue weighted by molar-refractivity contribution is 6.17. The molecule has 0 fully saturated rings. The van der Waals surface area contributed by atoms with Crippen LogP contribution in [0, 0.1) is 0 Å². The van der Waals surface area contributed by atoms with Crippen LogP contribution in [0.4, 0.5) is 17.1 Å². The van der Waals surface area contributed by atoms with Crippen molar-refractivity contribution in [2.45, 2.75) is 0 Å². The molecule has 0 aliphatic rings. The van der Waals surface area contributed by atoms with Crippen LogP contribution in [0.1, 0.15) is 16.4 Å². The topological polar surface area (TPSA) is 29.5 Å². The summed E-state index contributed by atoms with van der Waals surface area (Å²) >= 11 is 0. The summed E-state index contributed by atoms with van der Waals surface area (Å²) in [5.41, 5.74) is 0.362. The smallest absolute Gasteiger partial charge is 0.136 e. The predicted octanol–water partition coefficient (Wildman–Crippen LogP) is 11.3. The average molecular weight is 538 g/mol. The number of rotatable bonds is 3. The monoisotopic (exact) mass is 537 g/mol. The van der Waals surface area contributed by atoms with Gasteiger partial charge < -0.3 is 13.7 Å². The number of furan rings is 2. The van der Waals surface area contributed by atoms with Crippen LogP contribution in [0.25, 0.3) is 65.4 Å². The van der Waals surface area contributed by atoms with Crippen molar-refractivity contribution in [3.63, 3.8) is 0 Å². The summed E-state index contributed by atoms with van der Waals surface area (Å²) < 4.78 is 116. The third-order valence-corrected chi connectivity index (χ3v) is 7.38. The van der Waals surface area contributed by atoms with Crippen LogP contribution >= 0.6 is 0 Å². The fourth-order valence-electron chi connectivity index (χ4n) is 5.54. The van der Waals surface area contributed by atoms with E-state index in [1.54, 1.807) is 18.2 Å². The Labute approximate surface area is 252 Å². The fraction of sp³-hybridized carbons (Fsp3) is 0. The molecule has 0 atom stereocenters. The molecule has 0 aliphatic carbocycles. The molecule has 9 rings (SSSR count). The first-order valence-corrected chi connectivity index (χ1v) is 12.9. The van der Waals surface area contributed by atoms with E-state index in [0.29, 0.717) is 5.39 Å². The Morgan fingerprint density at radius 2 is 1.22 bits per heavy atom. The number of para-hydroxylation sites is 3. The van der Waals surface area contributed by atoms with E-state index in [9.17, 15) is 1.37 Å². The fourth-order valence-corrected chi connectivity index (χ4v) is 5.54. The first-order chi connectivity index (χ1) is 25.3. The Hall–Kier alpha value is -5.54. The zero-order chi connectivity index (χ0) is 37.4. The minimum atomic E-state index is -0.651. The van der Waals surface area contributed by atoms with E-state index in [2.05, 4.69) is 0 Å².